The summed E-state index contributed by atoms with van der Waals surface area (Å²) in [5.74, 6) is -0.396. The van der Waals surface area contributed by atoms with Gasteiger partial charge in [-0.25, -0.2) is 4.98 Å². The van der Waals surface area contributed by atoms with Crippen molar-refractivity contribution in [3.63, 3.8) is 0 Å². The van der Waals surface area contributed by atoms with E-state index in [1.807, 2.05) is 0 Å². The number of nitrogens with one attached hydrogen (secondary N) is 1. The zero-order valence-corrected chi connectivity index (χ0v) is 15.3. The van der Waals surface area contributed by atoms with Crippen LogP contribution < -0.4 is 10.9 Å². The Bertz CT molecular complexity index is 983. The molecule has 0 saturated carbocycles. The number of aromatic nitrogens is 2. The highest BCUT2D eigenvalue weighted by molar-refractivity contribution is 5.93. The number of hydrogen-bond donors (Lipinski definition) is 1. The van der Waals surface area contributed by atoms with Crippen molar-refractivity contribution >= 4 is 11.6 Å². The lowest BCUT2D eigenvalue weighted by Gasteiger charge is -2.19. The maximum atomic E-state index is 12.4. The van der Waals surface area contributed by atoms with Gasteiger partial charge in [-0.1, -0.05) is 51.1 Å². The molecule has 1 aromatic carbocycles. The van der Waals surface area contributed by atoms with Gasteiger partial charge in [-0.2, -0.15) is 0 Å². The average Bonchev–Trinajstić information content (AvgIpc) is 2.62. The molecule has 0 atom stereocenters. The number of pyridine rings is 1. The van der Waals surface area contributed by atoms with Crippen LogP contribution in [0.1, 0.15) is 42.3 Å². The average molecular weight is 349 g/mol. The second-order valence-corrected chi connectivity index (χ2v) is 7.36. The second-order valence-electron chi connectivity index (χ2n) is 7.36. The van der Waals surface area contributed by atoms with Crippen LogP contribution in [0.2, 0.25) is 0 Å². The van der Waals surface area contributed by atoms with Gasteiger partial charge < -0.3 is 5.32 Å². The molecule has 0 aliphatic rings. The fourth-order valence-electron chi connectivity index (χ4n) is 2.77. The largest absolute Gasteiger partial charge is 0.351 e. The molecule has 5 nitrogen and oxygen atoms in total. The van der Waals surface area contributed by atoms with Gasteiger partial charge in [0, 0.05) is 18.9 Å². The summed E-state index contributed by atoms with van der Waals surface area (Å²) in [7, 11) is 0. The van der Waals surface area contributed by atoms with E-state index in [2.05, 4.69) is 55.3 Å². The minimum Gasteiger partial charge on any atom is -0.351 e. The number of rotatable bonds is 4. The maximum Gasteiger partial charge on any atom is 0.270 e. The smallest absolute Gasteiger partial charge is 0.270 e. The lowest BCUT2D eigenvalue weighted by atomic mass is 9.86. The molecular weight excluding hydrogens is 326 g/mol. The fourth-order valence-corrected chi connectivity index (χ4v) is 2.77. The van der Waals surface area contributed by atoms with Crippen LogP contribution in [-0.4, -0.2) is 21.8 Å². The summed E-state index contributed by atoms with van der Waals surface area (Å²) in [5.41, 5.74) is 2.76. The Balaban J connectivity index is 1.64. The van der Waals surface area contributed by atoms with Crippen molar-refractivity contribution in [3.8, 4) is 0 Å². The van der Waals surface area contributed by atoms with E-state index in [4.69, 9.17) is 0 Å². The predicted octanol–water partition coefficient (Wildman–Crippen LogP) is 2.96. The molecule has 3 rings (SSSR count). The molecule has 2 aromatic heterocycles. The molecule has 0 aliphatic carbocycles. The molecule has 0 unspecified atom stereocenters. The van der Waals surface area contributed by atoms with E-state index in [0.717, 1.165) is 5.56 Å². The molecule has 1 amide bonds. The Hall–Kier alpha value is -2.95. The Morgan fingerprint density at radius 3 is 2.54 bits per heavy atom. The standard InChI is InChI=1S/C21H23N3O2/c1-21(2,3)16-9-7-15(8-10-16)11-12-22-19(25)17-14-23-18-6-4-5-13-24(18)20(17)26/h4-10,13-14H,11-12H2,1-3H3,(H,22,25). The summed E-state index contributed by atoms with van der Waals surface area (Å²) in [6.45, 7) is 7.00. The molecule has 0 bridgehead atoms. The van der Waals surface area contributed by atoms with Gasteiger partial charge in [-0.05, 0) is 35.1 Å². The second kappa shape index (κ2) is 7.12. The molecule has 0 fully saturated rings. The molecule has 0 aliphatic heterocycles. The van der Waals surface area contributed by atoms with Crippen molar-refractivity contribution in [3.05, 3.63) is 81.9 Å². The van der Waals surface area contributed by atoms with Crippen molar-refractivity contribution in [1.82, 2.24) is 14.7 Å². The predicted molar refractivity (Wildman–Crippen MR) is 103 cm³/mol. The van der Waals surface area contributed by atoms with Gasteiger partial charge in [0.1, 0.15) is 11.2 Å². The van der Waals surface area contributed by atoms with Crippen LogP contribution in [0.25, 0.3) is 5.65 Å². The van der Waals surface area contributed by atoms with Gasteiger partial charge >= 0.3 is 0 Å². The van der Waals surface area contributed by atoms with Gasteiger partial charge in [-0.3, -0.25) is 14.0 Å². The molecular formula is C21H23N3O2. The van der Waals surface area contributed by atoms with Crippen molar-refractivity contribution in [1.29, 1.82) is 0 Å². The van der Waals surface area contributed by atoms with E-state index in [1.54, 1.807) is 24.4 Å². The van der Waals surface area contributed by atoms with Crippen molar-refractivity contribution in [2.45, 2.75) is 32.6 Å². The molecule has 0 saturated heterocycles. The lowest BCUT2D eigenvalue weighted by molar-refractivity contribution is 0.0952. The molecule has 2 heterocycles. The summed E-state index contributed by atoms with van der Waals surface area (Å²) < 4.78 is 1.38. The molecule has 134 valence electrons. The number of amides is 1. The van der Waals surface area contributed by atoms with E-state index in [-0.39, 0.29) is 16.5 Å². The first kappa shape index (κ1) is 17.9. The Morgan fingerprint density at radius 2 is 1.85 bits per heavy atom. The summed E-state index contributed by atoms with van der Waals surface area (Å²) in [6.07, 6.45) is 3.65. The van der Waals surface area contributed by atoms with Crippen LogP contribution in [0.4, 0.5) is 0 Å². The summed E-state index contributed by atoms with van der Waals surface area (Å²) >= 11 is 0. The highest BCUT2D eigenvalue weighted by Crippen LogP contribution is 2.22. The zero-order chi connectivity index (χ0) is 18.7. The van der Waals surface area contributed by atoms with Crippen LogP contribution in [0.3, 0.4) is 0 Å². The van der Waals surface area contributed by atoms with Gasteiger partial charge in [0.15, 0.2) is 0 Å². The van der Waals surface area contributed by atoms with Gasteiger partial charge in [0.2, 0.25) is 0 Å². The van der Waals surface area contributed by atoms with E-state index in [1.165, 1.54) is 16.2 Å². The number of benzene rings is 1. The van der Waals surface area contributed by atoms with E-state index in [9.17, 15) is 9.59 Å². The molecule has 3 aromatic rings. The third-order valence-electron chi connectivity index (χ3n) is 4.38. The first-order valence-electron chi connectivity index (χ1n) is 8.70. The topological polar surface area (TPSA) is 63.5 Å². The Kier molecular flexibility index (Phi) is 4.89. The normalized spacial score (nSPS) is 11.5. The van der Waals surface area contributed by atoms with E-state index >= 15 is 0 Å². The van der Waals surface area contributed by atoms with Crippen molar-refractivity contribution in [2.75, 3.05) is 6.54 Å². The van der Waals surface area contributed by atoms with Crippen LogP contribution in [0, 0.1) is 0 Å². The maximum absolute atomic E-state index is 12.4. The third-order valence-corrected chi connectivity index (χ3v) is 4.38. The van der Waals surface area contributed by atoms with Crippen LogP contribution >= 0.6 is 0 Å². The molecule has 26 heavy (non-hydrogen) atoms. The first-order valence-corrected chi connectivity index (χ1v) is 8.70. The minimum absolute atomic E-state index is 0.0526. The third kappa shape index (κ3) is 3.82. The number of hydrogen-bond acceptors (Lipinski definition) is 3. The summed E-state index contributed by atoms with van der Waals surface area (Å²) in [4.78, 5) is 28.9. The number of carbonyl (C=O) groups is 1. The lowest BCUT2D eigenvalue weighted by Crippen LogP contribution is -2.32. The zero-order valence-electron chi connectivity index (χ0n) is 15.3. The summed E-state index contributed by atoms with van der Waals surface area (Å²) in [6, 6.07) is 13.7. The van der Waals surface area contributed by atoms with Crippen LogP contribution in [0.5, 0.6) is 0 Å². The van der Waals surface area contributed by atoms with Crippen LogP contribution in [-0.2, 0) is 11.8 Å². The van der Waals surface area contributed by atoms with Crippen molar-refractivity contribution in [2.24, 2.45) is 0 Å². The highest BCUT2D eigenvalue weighted by atomic mass is 16.2. The summed E-state index contributed by atoms with van der Waals surface area (Å²) in [5, 5.41) is 2.81. The Morgan fingerprint density at radius 1 is 1.12 bits per heavy atom. The quantitative estimate of drug-likeness (QED) is 0.788. The first-order chi connectivity index (χ1) is 12.4. The number of carbonyl (C=O) groups excluding carboxylic acids is 1. The number of nitrogens with zero attached hydrogens (tertiary/aromatic N) is 2. The Labute approximate surface area is 152 Å². The molecule has 1 N–H and O–H groups in total. The monoisotopic (exact) mass is 349 g/mol. The number of fused-ring (bicyclic) bond motifs is 1. The SMILES string of the molecule is CC(C)(C)c1ccc(CCNC(=O)c2cnc3ccccn3c2=O)cc1. The van der Waals surface area contributed by atoms with Gasteiger partial charge in [0.25, 0.3) is 11.5 Å². The molecule has 0 radical (unpaired) electrons. The van der Waals surface area contributed by atoms with Gasteiger partial charge in [0.05, 0.1) is 0 Å². The van der Waals surface area contributed by atoms with E-state index < -0.39 is 5.91 Å². The minimum atomic E-state index is -0.396. The molecule has 0 spiro atoms. The molecule has 5 heteroatoms. The van der Waals surface area contributed by atoms with Gasteiger partial charge in [-0.15, -0.1) is 0 Å². The van der Waals surface area contributed by atoms with E-state index in [0.29, 0.717) is 18.6 Å². The van der Waals surface area contributed by atoms with Crippen molar-refractivity contribution < 1.29 is 4.79 Å². The van der Waals surface area contributed by atoms with Crippen LogP contribution in [0.15, 0.2) is 59.7 Å². The fraction of sp³-hybridized carbons (Fsp3) is 0.286. The highest BCUT2D eigenvalue weighted by Gasteiger charge is 2.14.